The molecule has 37 heavy (non-hydrogen) atoms. The maximum Gasteiger partial charge on any atom is 0.317 e. The molecule has 0 saturated carbocycles. The lowest BCUT2D eigenvalue weighted by atomic mass is 10.0. The third kappa shape index (κ3) is 5.64. The Hall–Kier alpha value is -3.79. The van der Waals surface area contributed by atoms with Gasteiger partial charge in [-0.05, 0) is 35.7 Å². The van der Waals surface area contributed by atoms with Gasteiger partial charge in [0.2, 0.25) is 5.91 Å². The summed E-state index contributed by atoms with van der Waals surface area (Å²) in [5.41, 5.74) is 1.52. The molecule has 0 aliphatic carbocycles. The van der Waals surface area contributed by atoms with E-state index in [-0.39, 0.29) is 36.3 Å². The fourth-order valence-electron chi connectivity index (χ4n) is 4.91. The average Bonchev–Trinajstić information content (AvgIpc) is 2.90. The van der Waals surface area contributed by atoms with Crippen molar-refractivity contribution in [3.05, 3.63) is 65.7 Å². The van der Waals surface area contributed by atoms with Crippen molar-refractivity contribution in [2.75, 3.05) is 31.5 Å². The van der Waals surface area contributed by atoms with E-state index >= 15 is 0 Å². The van der Waals surface area contributed by atoms with Crippen LogP contribution in [-0.2, 0) is 17.9 Å². The molecule has 2 aliphatic rings. The third-order valence-corrected chi connectivity index (χ3v) is 6.97. The fourth-order valence-corrected chi connectivity index (χ4v) is 4.91. The Balaban J connectivity index is 1.36. The smallest absolute Gasteiger partial charge is 0.317 e. The van der Waals surface area contributed by atoms with E-state index in [2.05, 4.69) is 20.9 Å². The van der Waals surface area contributed by atoms with Crippen LogP contribution in [0.15, 0.2) is 48.5 Å². The number of anilines is 1. The maximum absolute atomic E-state index is 13.5. The van der Waals surface area contributed by atoms with Gasteiger partial charge in [-0.1, -0.05) is 38.1 Å². The Morgan fingerprint density at radius 1 is 1.16 bits per heavy atom. The summed E-state index contributed by atoms with van der Waals surface area (Å²) in [5.74, 6) is 0.927. The van der Waals surface area contributed by atoms with Gasteiger partial charge in [0.15, 0.2) is 0 Å². The number of nitrogens with one attached hydrogen (secondary N) is 3. The predicted octanol–water partition coefficient (Wildman–Crippen LogP) is 2.73. The molecule has 3 heterocycles. The Morgan fingerprint density at radius 3 is 2.81 bits per heavy atom. The molecule has 0 spiro atoms. The predicted molar refractivity (Wildman–Crippen MR) is 139 cm³/mol. The summed E-state index contributed by atoms with van der Waals surface area (Å²) in [4.78, 5) is 39.8. The molecule has 3 N–H and O–H groups in total. The van der Waals surface area contributed by atoms with E-state index in [0.717, 1.165) is 10.9 Å². The molecule has 194 valence electrons. The van der Waals surface area contributed by atoms with E-state index in [9.17, 15) is 14.0 Å². The topological polar surface area (TPSA) is 102 Å². The molecule has 1 saturated heterocycles. The Bertz CT molecular complexity index is 1300. The van der Waals surface area contributed by atoms with Gasteiger partial charge in [-0.3, -0.25) is 9.69 Å². The van der Waals surface area contributed by atoms with Crippen LogP contribution < -0.4 is 16.0 Å². The number of para-hydroxylation sites is 1. The number of hydrogen-bond donors (Lipinski definition) is 3. The molecule has 2 bridgehead atoms. The van der Waals surface area contributed by atoms with Crippen molar-refractivity contribution < 1.29 is 14.0 Å². The number of hydrogen-bond acceptors (Lipinski definition) is 6. The number of carbonyl (C=O) groups is 2. The van der Waals surface area contributed by atoms with E-state index < -0.39 is 6.04 Å². The van der Waals surface area contributed by atoms with Gasteiger partial charge in [0, 0.05) is 44.2 Å². The summed E-state index contributed by atoms with van der Waals surface area (Å²) < 4.78 is 13.5. The third-order valence-electron chi connectivity index (χ3n) is 6.97. The number of amides is 3. The molecule has 10 heteroatoms. The molecule has 5 rings (SSSR count). The van der Waals surface area contributed by atoms with Gasteiger partial charge in [-0.2, -0.15) is 0 Å². The van der Waals surface area contributed by atoms with Gasteiger partial charge >= 0.3 is 6.03 Å². The zero-order chi connectivity index (χ0) is 25.9. The highest BCUT2D eigenvalue weighted by molar-refractivity contribution is 5.92. The van der Waals surface area contributed by atoms with Crippen molar-refractivity contribution in [3.8, 4) is 0 Å². The minimum Gasteiger partial charge on any atom is -0.358 e. The van der Waals surface area contributed by atoms with Crippen molar-refractivity contribution in [1.29, 1.82) is 0 Å². The van der Waals surface area contributed by atoms with Crippen LogP contribution in [0.1, 0.15) is 25.2 Å². The Morgan fingerprint density at radius 2 is 2.00 bits per heavy atom. The second-order valence-electron chi connectivity index (χ2n) is 9.98. The highest BCUT2D eigenvalue weighted by Crippen LogP contribution is 2.24. The maximum atomic E-state index is 13.5. The van der Waals surface area contributed by atoms with E-state index in [4.69, 9.17) is 9.97 Å². The first-order chi connectivity index (χ1) is 17.9. The van der Waals surface area contributed by atoms with Crippen LogP contribution >= 0.6 is 0 Å². The molecule has 1 fully saturated rings. The summed E-state index contributed by atoms with van der Waals surface area (Å²) in [5, 5.41) is 10.2. The molecule has 1 unspecified atom stereocenters. The lowest BCUT2D eigenvalue weighted by Gasteiger charge is -2.41. The molecule has 9 nitrogen and oxygen atoms in total. The van der Waals surface area contributed by atoms with Crippen LogP contribution in [0.4, 0.5) is 15.0 Å². The van der Waals surface area contributed by atoms with Crippen molar-refractivity contribution in [2.24, 2.45) is 5.92 Å². The van der Waals surface area contributed by atoms with Crippen LogP contribution in [0.2, 0.25) is 0 Å². The minimum atomic E-state index is -0.466. The van der Waals surface area contributed by atoms with Crippen LogP contribution in [-0.4, -0.2) is 70.0 Å². The van der Waals surface area contributed by atoms with Crippen LogP contribution in [0.3, 0.4) is 0 Å². The number of rotatable bonds is 3. The second-order valence-corrected chi connectivity index (χ2v) is 9.98. The summed E-state index contributed by atoms with van der Waals surface area (Å²) >= 11 is 0. The highest BCUT2D eigenvalue weighted by atomic mass is 19.1. The van der Waals surface area contributed by atoms with E-state index in [1.165, 1.54) is 12.1 Å². The average molecular weight is 506 g/mol. The summed E-state index contributed by atoms with van der Waals surface area (Å²) in [6, 6.07) is 13.2. The van der Waals surface area contributed by atoms with Gasteiger partial charge in [0.25, 0.3) is 0 Å². The molecular weight excluding hydrogens is 473 g/mol. The lowest BCUT2D eigenvalue weighted by molar-refractivity contribution is -0.123. The van der Waals surface area contributed by atoms with Gasteiger partial charge < -0.3 is 20.9 Å². The first kappa shape index (κ1) is 24.9. The van der Waals surface area contributed by atoms with Crippen molar-refractivity contribution in [3.63, 3.8) is 0 Å². The van der Waals surface area contributed by atoms with Crippen LogP contribution in [0.25, 0.3) is 10.9 Å². The SMILES string of the molecule is CC(C)[C@@H]1Nc2nc(nc3ccccc23)CN2CCN(C(=O)NCc3cccc(F)c3)CC2CNC1=O. The first-order valence-electron chi connectivity index (χ1n) is 12.7. The zero-order valence-electron chi connectivity index (χ0n) is 21.1. The minimum absolute atomic E-state index is 0.0329. The largest absolute Gasteiger partial charge is 0.358 e. The van der Waals surface area contributed by atoms with E-state index in [0.29, 0.717) is 49.9 Å². The molecule has 2 aliphatic heterocycles. The number of piperazine rings is 1. The van der Waals surface area contributed by atoms with Gasteiger partial charge in [-0.25, -0.2) is 19.2 Å². The number of halogens is 1. The number of fused-ring (bicyclic) bond motifs is 5. The number of carbonyl (C=O) groups excluding carboxylic acids is 2. The highest BCUT2D eigenvalue weighted by Gasteiger charge is 2.33. The zero-order valence-corrected chi connectivity index (χ0v) is 21.1. The van der Waals surface area contributed by atoms with Gasteiger partial charge in [0.1, 0.15) is 23.5 Å². The first-order valence-corrected chi connectivity index (χ1v) is 12.7. The molecule has 3 aromatic rings. The molecule has 2 aromatic carbocycles. The molecule has 2 atom stereocenters. The second kappa shape index (κ2) is 10.7. The monoisotopic (exact) mass is 505 g/mol. The molecule has 1 aromatic heterocycles. The van der Waals surface area contributed by atoms with Crippen molar-refractivity contribution >= 4 is 28.7 Å². The van der Waals surface area contributed by atoms with Gasteiger partial charge in [-0.15, -0.1) is 0 Å². The lowest BCUT2D eigenvalue weighted by Crippen LogP contribution is -2.59. The Labute approximate surface area is 215 Å². The van der Waals surface area contributed by atoms with Crippen molar-refractivity contribution in [1.82, 2.24) is 30.4 Å². The van der Waals surface area contributed by atoms with E-state index in [1.807, 2.05) is 38.1 Å². The normalized spacial score (nSPS) is 20.5. The number of nitrogens with zero attached hydrogens (tertiary/aromatic N) is 4. The van der Waals surface area contributed by atoms with Gasteiger partial charge in [0.05, 0.1) is 12.1 Å². The number of benzene rings is 2. The van der Waals surface area contributed by atoms with Crippen LogP contribution in [0, 0.1) is 11.7 Å². The number of urea groups is 1. The molecule has 3 amide bonds. The fraction of sp³-hybridized carbons (Fsp3) is 0.407. The Kier molecular flexibility index (Phi) is 7.18. The van der Waals surface area contributed by atoms with Crippen molar-refractivity contribution in [2.45, 2.75) is 39.0 Å². The standard InChI is InChI=1S/C27H32FN7O2/c1-17(2)24-26(36)29-14-20-15-35(27(37)30-13-18-6-5-7-19(28)12-18)11-10-34(20)16-23-31-22-9-4-3-8-21(22)25(32-23)33-24/h3-9,12,17,20,24H,10-11,13-16H2,1-2H3,(H,29,36)(H,30,37)(H,31,32,33)/t20?,24-/m0/s1. The summed E-state index contributed by atoms with van der Waals surface area (Å²) in [6.45, 7) is 6.71. The summed E-state index contributed by atoms with van der Waals surface area (Å²) in [6.07, 6.45) is 0. The number of aromatic nitrogens is 2. The summed E-state index contributed by atoms with van der Waals surface area (Å²) in [7, 11) is 0. The van der Waals surface area contributed by atoms with E-state index in [1.54, 1.807) is 17.0 Å². The molecule has 0 radical (unpaired) electrons. The molecular formula is C27H32FN7O2. The van der Waals surface area contributed by atoms with Crippen LogP contribution in [0.5, 0.6) is 0 Å². The quantitative estimate of drug-likeness (QED) is 0.506.